The summed E-state index contributed by atoms with van der Waals surface area (Å²) in [6.07, 6.45) is 5.91. The zero-order valence-corrected chi connectivity index (χ0v) is 12.9. The number of nitrogens with one attached hydrogen (secondary N) is 1. The van der Waals surface area contributed by atoms with E-state index in [4.69, 9.17) is 14.9 Å². The standard InChI is InChI=1S/C17H24N2O2/c1-20-15-9-13-7-8-19(11-14(13)10-16(15)21-2)17(18)12-5-3-4-6-12/h9-10,12,18H,3-8,11H2,1-2H3. The number of amidine groups is 1. The molecule has 0 amide bonds. The summed E-state index contributed by atoms with van der Waals surface area (Å²) in [5.41, 5.74) is 2.59. The highest BCUT2D eigenvalue weighted by Crippen LogP contribution is 2.34. The van der Waals surface area contributed by atoms with Crippen molar-refractivity contribution < 1.29 is 9.47 Å². The van der Waals surface area contributed by atoms with Crippen LogP contribution in [0.25, 0.3) is 0 Å². The molecule has 0 aromatic heterocycles. The Morgan fingerprint density at radius 1 is 1.10 bits per heavy atom. The number of ether oxygens (including phenoxy) is 2. The number of methoxy groups -OCH3 is 2. The molecular formula is C17H24N2O2. The van der Waals surface area contributed by atoms with Crippen LogP contribution in [-0.4, -0.2) is 31.5 Å². The minimum absolute atomic E-state index is 0.478. The molecule has 1 aliphatic heterocycles. The van der Waals surface area contributed by atoms with Crippen LogP contribution < -0.4 is 9.47 Å². The van der Waals surface area contributed by atoms with Crippen LogP contribution >= 0.6 is 0 Å². The van der Waals surface area contributed by atoms with Crippen molar-refractivity contribution in [2.24, 2.45) is 5.92 Å². The second-order valence-electron chi connectivity index (χ2n) is 6.01. The topological polar surface area (TPSA) is 45.6 Å². The number of hydrogen-bond donors (Lipinski definition) is 1. The molecule has 1 fully saturated rings. The first-order valence-corrected chi connectivity index (χ1v) is 7.80. The molecule has 1 aromatic rings. The van der Waals surface area contributed by atoms with Gasteiger partial charge in [-0.25, -0.2) is 0 Å². The summed E-state index contributed by atoms with van der Waals surface area (Å²) in [6.45, 7) is 1.77. The van der Waals surface area contributed by atoms with E-state index < -0.39 is 0 Å². The number of hydrogen-bond acceptors (Lipinski definition) is 3. The molecule has 0 atom stereocenters. The predicted octanol–water partition coefficient (Wildman–Crippen LogP) is 3.23. The summed E-state index contributed by atoms with van der Waals surface area (Å²) in [5.74, 6) is 2.90. The van der Waals surface area contributed by atoms with E-state index in [0.29, 0.717) is 5.92 Å². The Hall–Kier alpha value is -1.71. The molecule has 1 aromatic carbocycles. The molecule has 1 N–H and O–H groups in total. The summed E-state index contributed by atoms with van der Waals surface area (Å²) in [5, 5.41) is 8.47. The maximum Gasteiger partial charge on any atom is 0.161 e. The third-order valence-electron chi connectivity index (χ3n) is 4.80. The molecule has 1 aliphatic carbocycles. The Kier molecular flexibility index (Phi) is 4.04. The van der Waals surface area contributed by atoms with Gasteiger partial charge in [0, 0.05) is 19.0 Å². The average molecular weight is 288 g/mol. The van der Waals surface area contributed by atoms with Crippen molar-refractivity contribution in [2.45, 2.75) is 38.6 Å². The highest BCUT2D eigenvalue weighted by Gasteiger charge is 2.27. The largest absolute Gasteiger partial charge is 0.493 e. The summed E-state index contributed by atoms with van der Waals surface area (Å²) >= 11 is 0. The van der Waals surface area contributed by atoms with Crippen molar-refractivity contribution in [1.29, 1.82) is 5.41 Å². The number of rotatable bonds is 3. The van der Waals surface area contributed by atoms with Gasteiger partial charge in [-0.15, -0.1) is 0 Å². The second kappa shape index (κ2) is 5.96. The lowest BCUT2D eigenvalue weighted by atomic mass is 9.96. The summed E-state index contributed by atoms with van der Waals surface area (Å²) in [4.78, 5) is 2.24. The van der Waals surface area contributed by atoms with Gasteiger partial charge in [-0.3, -0.25) is 5.41 Å². The van der Waals surface area contributed by atoms with E-state index in [1.807, 2.05) is 0 Å². The fourth-order valence-electron chi connectivity index (χ4n) is 3.55. The number of nitrogens with zero attached hydrogens (tertiary/aromatic N) is 1. The summed E-state index contributed by atoms with van der Waals surface area (Å²) < 4.78 is 10.8. The molecule has 0 spiro atoms. The van der Waals surface area contributed by atoms with Crippen LogP contribution in [0.1, 0.15) is 36.8 Å². The van der Waals surface area contributed by atoms with Gasteiger partial charge in [0.15, 0.2) is 11.5 Å². The maximum atomic E-state index is 8.47. The molecule has 3 rings (SSSR count). The molecule has 114 valence electrons. The lowest BCUT2D eigenvalue weighted by Gasteiger charge is -2.33. The van der Waals surface area contributed by atoms with Crippen molar-refractivity contribution in [3.63, 3.8) is 0 Å². The van der Waals surface area contributed by atoms with Gasteiger partial charge < -0.3 is 14.4 Å². The predicted molar refractivity (Wildman–Crippen MR) is 83.3 cm³/mol. The molecule has 0 radical (unpaired) electrons. The maximum absolute atomic E-state index is 8.47. The normalized spacial score (nSPS) is 18.5. The van der Waals surface area contributed by atoms with Gasteiger partial charge >= 0.3 is 0 Å². The monoisotopic (exact) mass is 288 g/mol. The van der Waals surface area contributed by atoms with Crippen LogP contribution in [0, 0.1) is 11.3 Å². The lowest BCUT2D eigenvalue weighted by molar-refractivity contribution is 0.343. The van der Waals surface area contributed by atoms with Gasteiger partial charge in [-0.1, -0.05) is 12.8 Å². The fraction of sp³-hybridized carbons (Fsp3) is 0.588. The summed E-state index contributed by atoms with van der Waals surface area (Å²) in [6, 6.07) is 4.16. The quantitative estimate of drug-likeness (QED) is 0.686. The molecule has 0 saturated heterocycles. The minimum atomic E-state index is 0.478. The highest BCUT2D eigenvalue weighted by molar-refractivity contribution is 5.82. The van der Waals surface area contributed by atoms with Crippen LogP contribution in [0.3, 0.4) is 0 Å². The van der Waals surface area contributed by atoms with Crippen LogP contribution in [0.4, 0.5) is 0 Å². The van der Waals surface area contributed by atoms with Crippen molar-refractivity contribution in [3.05, 3.63) is 23.3 Å². The molecule has 1 heterocycles. The van der Waals surface area contributed by atoms with Crippen LogP contribution in [-0.2, 0) is 13.0 Å². The van der Waals surface area contributed by atoms with E-state index in [1.165, 1.54) is 36.8 Å². The average Bonchev–Trinajstić information content (AvgIpc) is 3.06. The van der Waals surface area contributed by atoms with Gasteiger partial charge in [0.25, 0.3) is 0 Å². The smallest absolute Gasteiger partial charge is 0.161 e. The Bertz CT molecular complexity index is 536. The van der Waals surface area contributed by atoms with E-state index in [9.17, 15) is 0 Å². The highest BCUT2D eigenvalue weighted by atomic mass is 16.5. The van der Waals surface area contributed by atoms with E-state index >= 15 is 0 Å². The van der Waals surface area contributed by atoms with Gasteiger partial charge in [0.1, 0.15) is 0 Å². The van der Waals surface area contributed by atoms with Gasteiger partial charge in [-0.05, 0) is 42.5 Å². The Morgan fingerprint density at radius 2 is 1.71 bits per heavy atom. The van der Waals surface area contributed by atoms with E-state index in [1.54, 1.807) is 14.2 Å². The Labute approximate surface area is 126 Å². The van der Waals surface area contributed by atoms with Crippen molar-refractivity contribution in [3.8, 4) is 11.5 Å². The van der Waals surface area contributed by atoms with Gasteiger partial charge in [0.05, 0.1) is 20.1 Å². The van der Waals surface area contributed by atoms with E-state index in [2.05, 4.69) is 17.0 Å². The van der Waals surface area contributed by atoms with Crippen molar-refractivity contribution in [1.82, 2.24) is 4.90 Å². The minimum Gasteiger partial charge on any atom is -0.493 e. The van der Waals surface area contributed by atoms with Gasteiger partial charge in [-0.2, -0.15) is 0 Å². The molecule has 2 aliphatic rings. The number of fused-ring (bicyclic) bond motifs is 1. The molecule has 4 heteroatoms. The first-order chi connectivity index (χ1) is 10.2. The molecular weight excluding hydrogens is 264 g/mol. The first kappa shape index (κ1) is 14.2. The summed E-state index contributed by atoms with van der Waals surface area (Å²) in [7, 11) is 3.35. The van der Waals surface area contributed by atoms with Crippen LogP contribution in [0.15, 0.2) is 12.1 Å². The molecule has 21 heavy (non-hydrogen) atoms. The molecule has 1 saturated carbocycles. The molecule has 0 bridgehead atoms. The third kappa shape index (κ3) is 2.71. The SMILES string of the molecule is COc1cc2c(cc1OC)CN(C(=N)C1CCCC1)CC2. The number of benzene rings is 1. The van der Waals surface area contributed by atoms with Gasteiger partial charge in [0.2, 0.25) is 0 Å². The van der Waals surface area contributed by atoms with Crippen molar-refractivity contribution >= 4 is 5.84 Å². The first-order valence-electron chi connectivity index (χ1n) is 7.80. The lowest BCUT2D eigenvalue weighted by Crippen LogP contribution is -2.38. The van der Waals surface area contributed by atoms with Crippen molar-refractivity contribution in [2.75, 3.05) is 20.8 Å². The molecule has 0 unspecified atom stereocenters. The zero-order valence-electron chi connectivity index (χ0n) is 12.9. The van der Waals surface area contributed by atoms with Crippen LogP contribution in [0.5, 0.6) is 11.5 Å². The second-order valence-corrected chi connectivity index (χ2v) is 6.01. The van der Waals surface area contributed by atoms with E-state index in [0.717, 1.165) is 36.8 Å². The zero-order chi connectivity index (χ0) is 14.8. The Morgan fingerprint density at radius 3 is 2.33 bits per heavy atom. The fourth-order valence-corrected chi connectivity index (χ4v) is 3.55. The van der Waals surface area contributed by atoms with Crippen LogP contribution in [0.2, 0.25) is 0 Å². The van der Waals surface area contributed by atoms with E-state index in [-0.39, 0.29) is 0 Å². The Balaban J connectivity index is 1.79. The third-order valence-corrected chi connectivity index (χ3v) is 4.80. The molecule has 4 nitrogen and oxygen atoms in total.